The predicted molar refractivity (Wildman–Crippen MR) is 67.0 cm³/mol. The number of hydrogen-bond donors (Lipinski definition) is 1. The lowest BCUT2D eigenvalue weighted by molar-refractivity contribution is -0.131. The van der Waals surface area contributed by atoms with E-state index in [0.717, 1.165) is 19.4 Å². The molecule has 3 nitrogen and oxygen atoms in total. The molecule has 0 spiro atoms. The van der Waals surface area contributed by atoms with Crippen LogP contribution in [0.25, 0.3) is 0 Å². The maximum absolute atomic E-state index is 12.2. The zero-order chi connectivity index (χ0) is 12.3. The summed E-state index contributed by atoms with van der Waals surface area (Å²) in [6, 6.07) is 0.0178. The van der Waals surface area contributed by atoms with Crippen molar-refractivity contribution >= 4 is 5.91 Å². The Bertz CT molecular complexity index is 238. The lowest BCUT2D eigenvalue weighted by atomic mass is 10.0. The van der Waals surface area contributed by atoms with Gasteiger partial charge in [0.1, 0.15) is 0 Å². The fourth-order valence-corrected chi connectivity index (χ4v) is 2.27. The van der Waals surface area contributed by atoms with E-state index >= 15 is 0 Å². The first kappa shape index (κ1) is 13.5. The van der Waals surface area contributed by atoms with Crippen LogP contribution in [0, 0.1) is 11.8 Å². The number of unbranched alkanes of at least 4 members (excludes halogenated alkanes) is 1. The normalized spacial score (nSPS) is 26.2. The standard InChI is InChI=1S/C13H26N2O/c1-6-7-8-15-12(10(4)5)14-11(9(2)3)13(15)16/h9-12,14H,6-8H2,1-5H3. The minimum atomic E-state index is 0.0178. The van der Waals surface area contributed by atoms with Crippen molar-refractivity contribution in [3.63, 3.8) is 0 Å². The molecule has 1 aliphatic rings. The topological polar surface area (TPSA) is 32.3 Å². The molecule has 1 N–H and O–H groups in total. The molecule has 0 aromatic rings. The molecular formula is C13H26N2O. The van der Waals surface area contributed by atoms with E-state index in [0.29, 0.717) is 17.7 Å². The Morgan fingerprint density at radius 1 is 1.25 bits per heavy atom. The van der Waals surface area contributed by atoms with Gasteiger partial charge in [0, 0.05) is 6.54 Å². The van der Waals surface area contributed by atoms with Crippen LogP contribution in [0.1, 0.15) is 47.5 Å². The summed E-state index contributed by atoms with van der Waals surface area (Å²) in [6.07, 6.45) is 2.47. The van der Waals surface area contributed by atoms with Gasteiger partial charge in [0.2, 0.25) is 5.91 Å². The van der Waals surface area contributed by atoms with Crippen LogP contribution in [-0.2, 0) is 4.79 Å². The molecule has 2 atom stereocenters. The van der Waals surface area contributed by atoms with Crippen molar-refractivity contribution in [2.24, 2.45) is 11.8 Å². The second-order valence-electron chi connectivity index (χ2n) is 5.46. The first-order valence-electron chi connectivity index (χ1n) is 6.55. The molecule has 1 fully saturated rings. The first-order valence-corrected chi connectivity index (χ1v) is 6.55. The highest BCUT2D eigenvalue weighted by molar-refractivity contribution is 5.84. The van der Waals surface area contributed by atoms with Crippen molar-refractivity contribution in [2.75, 3.05) is 6.54 Å². The zero-order valence-electron chi connectivity index (χ0n) is 11.3. The van der Waals surface area contributed by atoms with Crippen LogP contribution in [0.4, 0.5) is 0 Å². The molecule has 0 radical (unpaired) electrons. The molecule has 0 saturated carbocycles. The van der Waals surface area contributed by atoms with E-state index < -0.39 is 0 Å². The molecule has 0 aromatic heterocycles. The fraction of sp³-hybridized carbons (Fsp3) is 0.923. The largest absolute Gasteiger partial charge is 0.326 e. The summed E-state index contributed by atoms with van der Waals surface area (Å²) in [7, 11) is 0. The number of nitrogens with one attached hydrogen (secondary N) is 1. The molecule has 0 bridgehead atoms. The van der Waals surface area contributed by atoms with Crippen LogP contribution in [0.3, 0.4) is 0 Å². The van der Waals surface area contributed by atoms with Crippen LogP contribution in [-0.4, -0.2) is 29.6 Å². The van der Waals surface area contributed by atoms with Crippen LogP contribution >= 0.6 is 0 Å². The van der Waals surface area contributed by atoms with Gasteiger partial charge in [0.25, 0.3) is 0 Å². The highest BCUT2D eigenvalue weighted by Gasteiger charge is 2.40. The average molecular weight is 226 g/mol. The summed E-state index contributed by atoms with van der Waals surface area (Å²) >= 11 is 0. The maximum atomic E-state index is 12.2. The Balaban J connectivity index is 2.72. The van der Waals surface area contributed by atoms with E-state index in [4.69, 9.17) is 0 Å². The monoisotopic (exact) mass is 226 g/mol. The summed E-state index contributed by atoms with van der Waals surface area (Å²) in [4.78, 5) is 14.3. The van der Waals surface area contributed by atoms with Crippen molar-refractivity contribution < 1.29 is 4.79 Å². The second kappa shape index (κ2) is 5.67. The predicted octanol–water partition coefficient (Wildman–Crippen LogP) is 2.22. The third-order valence-corrected chi connectivity index (χ3v) is 3.29. The Kier molecular flexibility index (Phi) is 4.78. The van der Waals surface area contributed by atoms with Gasteiger partial charge < -0.3 is 4.90 Å². The molecular weight excluding hydrogens is 200 g/mol. The molecule has 94 valence electrons. The lowest BCUT2D eigenvalue weighted by Gasteiger charge is -2.27. The number of rotatable bonds is 5. The van der Waals surface area contributed by atoms with Crippen LogP contribution < -0.4 is 5.32 Å². The van der Waals surface area contributed by atoms with Gasteiger partial charge in [0.05, 0.1) is 12.2 Å². The van der Waals surface area contributed by atoms with E-state index in [-0.39, 0.29) is 12.2 Å². The highest BCUT2D eigenvalue weighted by atomic mass is 16.2. The number of amides is 1. The van der Waals surface area contributed by atoms with Gasteiger partial charge >= 0.3 is 0 Å². The maximum Gasteiger partial charge on any atom is 0.241 e. The summed E-state index contributed by atoms with van der Waals surface area (Å²) in [5.74, 6) is 1.15. The van der Waals surface area contributed by atoms with E-state index in [1.54, 1.807) is 0 Å². The van der Waals surface area contributed by atoms with Crippen molar-refractivity contribution in [2.45, 2.75) is 59.7 Å². The lowest BCUT2D eigenvalue weighted by Crippen LogP contribution is -2.42. The minimum Gasteiger partial charge on any atom is -0.326 e. The summed E-state index contributed by atoms with van der Waals surface area (Å²) in [5.41, 5.74) is 0. The van der Waals surface area contributed by atoms with Crippen molar-refractivity contribution in [1.29, 1.82) is 0 Å². The van der Waals surface area contributed by atoms with Crippen LogP contribution in [0.5, 0.6) is 0 Å². The third kappa shape index (κ3) is 2.76. The van der Waals surface area contributed by atoms with Gasteiger partial charge in [-0.15, -0.1) is 0 Å². The summed E-state index contributed by atoms with van der Waals surface area (Å²) < 4.78 is 0. The summed E-state index contributed by atoms with van der Waals surface area (Å²) in [5, 5.41) is 3.47. The molecule has 1 saturated heterocycles. The Morgan fingerprint density at radius 2 is 1.88 bits per heavy atom. The van der Waals surface area contributed by atoms with Gasteiger partial charge in [-0.25, -0.2) is 0 Å². The first-order chi connectivity index (χ1) is 7.49. The van der Waals surface area contributed by atoms with Gasteiger partial charge in [-0.2, -0.15) is 0 Å². The molecule has 0 aliphatic carbocycles. The second-order valence-corrected chi connectivity index (χ2v) is 5.46. The van der Waals surface area contributed by atoms with E-state index in [1.165, 1.54) is 0 Å². The molecule has 16 heavy (non-hydrogen) atoms. The van der Waals surface area contributed by atoms with E-state index in [9.17, 15) is 4.79 Å². The molecule has 1 rings (SSSR count). The van der Waals surface area contributed by atoms with Gasteiger partial charge in [-0.3, -0.25) is 10.1 Å². The van der Waals surface area contributed by atoms with Crippen molar-refractivity contribution in [3.8, 4) is 0 Å². The van der Waals surface area contributed by atoms with Crippen LogP contribution in [0.2, 0.25) is 0 Å². The molecule has 1 amide bonds. The van der Waals surface area contributed by atoms with Gasteiger partial charge in [0.15, 0.2) is 0 Å². The van der Waals surface area contributed by atoms with Crippen LogP contribution in [0.15, 0.2) is 0 Å². The quantitative estimate of drug-likeness (QED) is 0.779. The van der Waals surface area contributed by atoms with E-state index in [1.807, 2.05) is 4.90 Å². The molecule has 1 heterocycles. The molecule has 0 aromatic carbocycles. The number of carbonyl (C=O) groups excluding carboxylic acids is 1. The number of hydrogen-bond acceptors (Lipinski definition) is 2. The van der Waals surface area contributed by atoms with E-state index in [2.05, 4.69) is 39.9 Å². The summed E-state index contributed by atoms with van der Waals surface area (Å²) in [6.45, 7) is 11.6. The Hall–Kier alpha value is -0.570. The number of carbonyl (C=O) groups is 1. The average Bonchev–Trinajstić information content (AvgIpc) is 2.53. The number of nitrogens with zero attached hydrogens (tertiary/aromatic N) is 1. The Labute approximate surface area is 99.6 Å². The Morgan fingerprint density at radius 3 is 2.31 bits per heavy atom. The van der Waals surface area contributed by atoms with Crippen molar-refractivity contribution in [1.82, 2.24) is 10.2 Å². The highest BCUT2D eigenvalue weighted by Crippen LogP contribution is 2.21. The fourth-order valence-electron chi connectivity index (χ4n) is 2.27. The minimum absolute atomic E-state index is 0.0178. The third-order valence-electron chi connectivity index (χ3n) is 3.29. The zero-order valence-corrected chi connectivity index (χ0v) is 11.3. The molecule has 1 aliphatic heterocycles. The van der Waals surface area contributed by atoms with Gasteiger partial charge in [-0.1, -0.05) is 41.0 Å². The van der Waals surface area contributed by atoms with Gasteiger partial charge in [-0.05, 0) is 18.3 Å². The molecule has 3 heteroatoms. The van der Waals surface area contributed by atoms with Crippen molar-refractivity contribution in [3.05, 3.63) is 0 Å². The SMILES string of the molecule is CCCCN1C(=O)C(C(C)C)NC1C(C)C. The molecule has 2 unspecified atom stereocenters. The smallest absolute Gasteiger partial charge is 0.241 e.